The molecule has 2 aromatic carbocycles. The predicted molar refractivity (Wildman–Crippen MR) is 85.5 cm³/mol. The number of benzene rings is 2. The van der Waals surface area contributed by atoms with Crippen LogP contribution in [0.15, 0.2) is 60.7 Å². The van der Waals surface area contributed by atoms with Crippen molar-refractivity contribution >= 4 is 17.3 Å². The van der Waals surface area contributed by atoms with Crippen molar-refractivity contribution in [3.63, 3.8) is 0 Å². The summed E-state index contributed by atoms with van der Waals surface area (Å²) in [6.45, 7) is 0.479. The van der Waals surface area contributed by atoms with E-state index >= 15 is 0 Å². The van der Waals surface area contributed by atoms with Gasteiger partial charge in [0.2, 0.25) is 0 Å². The highest BCUT2D eigenvalue weighted by Gasteiger charge is 2.34. The van der Waals surface area contributed by atoms with Crippen LogP contribution >= 0.6 is 12.2 Å². The van der Waals surface area contributed by atoms with Crippen molar-refractivity contribution in [3.05, 3.63) is 71.8 Å². The minimum Gasteiger partial charge on any atom is -0.376 e. The van der Waals surface area contributed by atoms with Crippen molar-refractivity contribution in [1.29, 1.82) is 0 Å². The second-order valence-electron chi connectivity index (χ2n) is 4.48. The van der Waals surface area contributed by atoms with Gasteiger partial charge in [-0.05, 0) is 23.3 Å². The van der Waals surface area contributed by atoms with Crippen LogP contribution in [0.3, 0.4) is 0 Å². The highest BCUT2D eigenvalue weighted by molar-refractivity contribution is 7.80. The molecule has 0 aliphatic carbocycles. The van der Waals surface area contributed by atoms with E-state index in [1.54, 1.807) is 7.11 Å². The number of hydrogen-bond acceptors (Lipinski definition) is 2. The summed E-state index contributed by atoms with van der Waals surface area (Å²) in [5, 5.41) is 3.28. The molecule has 2 aromatic rings. The van der Waals surface area contributed by atoms with Crippen LogP contribution in [0.4, 0.5) is 0 Å². The summed E-state index contributed by atoms with van der Waals surface area (Å²) in [4.78, 5) is 0. The molecule has 0 amide bonds. The molecule has 0 heterocycles. The van der Waals surface area contributed by atoms with Gasteiger partial charge in [-0.1, -0.05) is 60.7 Å². The number of nitrogens with two attached hydrogens (primary N) is 1. The molecule has 4 heteroatoms. The number of nitrogens with one attached hydrogen (secondary N) is 1. The molecule has 0 aliphatic heterocycles. The monoisotopic (exact) mass is 286 g/mol. The Balaban J connectivity index is 2.49. The lowest BCUT2D eigenvalue weighted by atomic mass is 9.86. The lowest BCUT2D eigenvalue weighted by Crippen LogP contribution is -2.44. The molecule has 20 heavy (non-hydrogen) atoms. The van der Waals surface area contributed by atoms with Gasteiger partial charge in [0, 0.05) is 7.11 Å². The van der Waals surface area contributed by atoms with Crippen LogP contribution < -0.4 is 11.1 Å². The second kappa shape index (κ2) is 6.50. The topological polar surface area (TPSA) is 47.3 Å². The number of methoxy groups -OCH3 is 1. The maximum absolute atomic E-state index is 5.88. The fraction of sp³-hybridized carbons (Fsp3) is 0.188. The van der Waals surface area contributed by atoms with E-state index in [0.717, 1.165) is 11.1 Å². The van der Waals surface area contributed by atoms with Gasteiger partial charge < -0.3 is 15.8 Å². The van der Waals surface area contributed by atoms with Crippen molar-refractivity contribution in [2.75, 3.05) is 13.7 Å². The fourth-order valence-corrected chi connectivity index (χ4v) is 2.38. The van der Waals surface area contributed by atoms with E-state index in [9.17, 15) is 0 Å². The Morgan fingerprint density at radius 1 is 1.05 bits per heavy atom. The maximum atomic E-state index is 5.88. The van der Waals surface area contributed by atoms with Crippen molar-refractivity contribution in [1.82, 2.24) is 5.32 Å². The van der Waals surface area contributed by atoms with E-state index < -0.39 is 5.60 Å². The zero-order valence-corrected chi connectivity index (χ0v) is 12.2. The molecule has 0 radical (unpaired) electrons. The van der Waals surface area contributed by atoms with Gasteiger partial charge in [0.15, 0.2) is 5.11 Å². The summed E-state index contributed by atoms with van der Waals surface area (Å²) < 4.78 is 5.88. The van der Waals surface area contributed by atoms with Crippen LogP contribution in [0, 0.1) is 0 Å². The van der Waals surface area contributed by atoms with E-state index in [1.807, 2.05) is 60.7 Å². The first-order valence-electron chi connectivity index (χ1n) is 6.38. The summed E-state index contributed by atoms with van der Waals surface area (Å²) in [5.74, 6) is 0. The third-order valence-corrected chi connectivity index (χ3v) is 3.48. The maximum Gasteiger partial charge on any atom is 0.163 e. The van der Waals surface area contributed by atoms with Crippen LogP contribution in [-0.2, 0) is 10.3 Å². The molecule has 3 nitrogen and oxygen atoms in total. The Labute approximate surface area is 124 Å². The van der Waals surface area contributed by atoms with E-state index in [1.165, 1.54) is 0 Å². The van der Waals surface area contributed by atoms with Gasteiger partial charge in [-0.15, -0.1) is 0 Å². The largest absolute Gasteiger partial charge is 0.376 e. The van der Waals surface area contributed by atoms with Crippen molar-refractivity contribution < 1.29 is 4.74 Å². The summed E-state index contributed by atoms with van der Waals surface area (Å²) in [7, 11) is 1.70. The summed E-state index contributed by atoms with van der Waals surface area (Å²) in [6.07, 6.45) is 0. The Morgan fingerprint density at radius 3 is 1.85 bits per heavy atom. The van der Waals surface area contributed by atoms with Gasteiger partial charge in [0.1, 0.15) is 5.60 Å². The minimum atomic E-state index is -0.619. The van der Waals surface area contributed by atoms with Crippen LogP contribution in [0.25, 0.3) is 0 Å². The minimum absolute atomic E-state index is 0.262. The molecular weight excluding hydrogens is 268 g/mol. The Bertz CT molecular complexity index is 518. The number of thiocarbonyl (C=S) groups is 1. The van der Waals surface area contributed by atoms with Gasteiger partial charge in [0.05, 0.1) is 6.54 Å². The SMILES string of the molecule is COC(CNC(N)=S)(c1ccccc1)c1ccccc1. The number of hydrogen-bond donors (Lipinski definition) is 2. The van der Waals surface area contributed by atoms with Gasteiger partial charge in [0.25, 0.3) is 0 Å². The van der Waals surface area contributed by atoms with E-state index in [2.05, 4.69) is 5.32 Å². The molecule has 0 atom stereocenters. The van der Waals surface area contributed by atoms with E-state index in [-0.39, 0.29) is 5.11 Å². The first kappa shape index (κ1) is 14.5. The van der Waals surface area contributed by atoms with Crippen molar-refractivity contribution in [3.8, 4) is 0 Å². The fourth-order valence-electron chi connectivity index (χ4n) is 2.31. The quantitative estimate of drug-likeness (QED) is 0.829. The molecule has 3 N–H and O–H groups in total. The normalized spacial score (nSPS) is 11.1. The molecule has 0 unspecified atom stereocenters. The molecule has 0 bridgehead atoms. The van der Waals surface area contributed by atoms with Crippen molar-refractivity contribution in [2.45, 2.75) is 5.60 Å². The molecule has 0 saturated carbocycles. The average molecular weight is 286 g/mol. The molecule has 2 rings (SSSR count). The lowest BCUT2D eigenvalue weighted by Gasteiger charge is -2.34. The van der Waals surface area contributed by atoms with Crippen LogP contribution in [-0.4, -0.2) is 18.8 Å². The summed E-state index contributed by atoms with van der Waals surface area (Å²) in [5.41, 5.74) is 7.06. The predicted octanol–water partition coefficient (Wildman–Crippen LogP) is 2.41. The second-order valence-corrected chi connectivity index (χ2v) is 4.92. The Hall–Kier alpha value is -1.91. The van der Waals surface area contributed by atoms with Crippen LogP contribution in [0.2, 0.25) is 0 Å². The third-order valence-electron chi connectivity index (χ3n) is 3.34. The molecule has 0 saturated heterocycles. The van der Waals surface area contributed by atoms with Crippen LogP contribution in [0.1, 0.15) is 11.1 Å². The van der Waals surface area contributed by atoms with Gasteiger partial charge in [-0.3, -0.25) is 0 Å². The Morgan fingerprint density at radius 2 is 1.50 bits per heavy atom. The molecule has 0 aromatic heterocycles. The molecule has 0 aliphatic rings. The zero-order chi connectivity index (χ0) is 14.4. The highest BCUT2D eigenvalue weighted by atomic mass is 32.1. The summed E-state index contributed by atoms with van der Waals surface area (Å²) in [6, 6.07) is 20.1. The van der Waals surface area contributed by atoms with E-state index in [4.69, 9.17) is 22.7 Å². The third kappa shape index (κ3) is 2.98. The van der Waals surface area contributed by atoms with Crippen molar-refractivity contribution in [2.24, 2.45) is 5.73 Å². The number of rotatable bonds is 5. The highest BCUT2D eigenvalue weighted by Crippen LogP contribution is 2.32. The molecule has 104 valence electrons. The van der Waals surface area contributed by atoms with Crippen LogP contribution in [0.5, 0.6) is 0 Å². The first-order valence-corrected chi connectivity index (χ1v) is 6.79. The first-order chi connectivity index (χ1) is 9.69. The van der Waals surface area contributed by atoms with Gasteiger partial charge >= 0.3 is 0 Å². The molecule has 0 fully saturated rings. The van der Waals surface area contributed by atoms with E-state index in [0.29, 0.717) is 6.54 Å². The average Bonchev–Trinajstić information content (AvgIpc) is 2.50. The van der Waals surface area contributed by atoms with Gasteiger partial charge in [-0.25, -0.2) is 0 Å². The molecular formula is C16H18N2OS. The molecule has 0 spiro atoms. The zero-order valence-electron chi connectivity index (χ0n) is 11.4. The number of ether oxygens (including phenoxy) is 1. The lowest BCUT2D eigenvalue weighted by molar-refractivity contribution is 0.0262. The van der Waals surface area contributed by atoms with Gasteiger partial charge in [-0.2, -0.15) is 0 Å². The smallest absolute Gasteiger partial charge is 0.163 e. The standard InChI is InChI=1S/C16H18N2OS/c1-19-16(12-18-15(17)20,13-8-4-2-5-9-13)14-10-6-3-7-11-14/h2-11H,12H2,1H3,(H3,17,18,20). The Kier molecular flexibility index (Phi) is 4.71. The summed E-state index contributed by atoms with van der Waals surface area (Å²) >= 11 is 4.92.